The van der Waals surface area contributed by atoms with E-state index in [1.165, 1.54) is 18.6 Å². The molecule has 4 atom stereocenters. The van der Waals surface area contributed by atoms with Gasteiger partial charge in [-0.3, -0.25) is 9.69 Å². The Hall–Kier alpha value is -1.52. The number of nitrogens with two attached hydrogens (primary N) is 1. The summed E-state index contributed by atoms with van der Waals surface area (Å²) in [5, 5.41) is 3.11. The first-order valence-corrected chi connectivity index (χ1v) is 13.7. The summed E-state index contributed by atoms with van der Waals surface area (Å²) >= 11 is 0. The standard InChI is InChI=1S/C25H44N4O4S/c1-7-24(5,17-27-23(30)15-29-20(3)9-8-10-21(29)4)16-25(6,26)18-28-33-34(31,32)22-13-11-19(2)12-14-22/h11-14,20-21,28H,7-10,15-18,26H2,1-6H3,(H,27,30). The molecule has 1 aromatic rings. The summed E-state index contributed by atoms with van der Waals surface area (Å²) in [5.41, 5.74) is 9.03. The van der Waals surface area contributed by atoms with Crippen molar-refractivity contribution in [3.05, 3.63) is 29.8 Å². The highest BCUT2D eigenvalue weighted by molar-refractivity contribution is 7.86. The van der Waals surface area contributed by atoms with Crippen LogP contribution in [-0.2, 0) is 19.2 Å². The quantitative estimate of drug-likeness (QED) is 0.381. The van der Waals surface area contributed by atoms with Crippen LogP contribution in [0.4, 0.5) is 0 Å². The monoisotopic (exact) mass is 496 g/mol. The predicted octanol–water partition coefficient (Wildman–Crippen LogP) is 3.11. The van der Waals surface area contributed by atoms with Crippen molar-refractivity contribution in [3.8, 4) is 0 Å². The Morgan fingerprint density at radius 3 is 2.29 bits per heavy atom. The van der Waals surface area contributed by atoms with Crippen LogP contribution in [0.2, 0.25) is 0 Å². The number of carbonyl (C=O) groups is 1. The van der Waals surface area contributed by atoms with Crippen molar-refractivity contribution >= 4 is 16.0 Å². The number of amides is 1. The summed E-state index contributed by atoms with van der Waals surface area (Å²) in [6.45, 7) is 13.3. The summed E-state index contributed by atoms with van der Waals surface area (Å²) in [5.74, 6) is 0.0321. The maximum Gasteiger partial charge on any atom is 0.312 e. The molecular formula is C25H44N4O4S. The lowest BCUT2D eigenvalue weighted by Crippen LogP contribution is -2.53. The van der Waals surface area contributed by atoms with Crippen LogP contribution in [0.25, 0.3) is 0 Å². The smallest absolute Gasteiger partial charge is 0.312 e. The first-order valence-electron chi connectivity index (χ1n) is 12.3. The minimum atomic E-state index is -3.92. The van der Waals surface area contributed by atoms with Crippen LogP contribution in [0.1, 0.15) is 72.3 Å². The van der Waals surface area contributed by atoms with Crippen molar-refractivity contribution in [3.63, 3.8) is 0 Å². The van der Waals surface area contributed by atoms with Gasteiger partial charge in [-0.15, -0.1) is 0 Å². The molecule has 1 fully saturated rings. The average molecular weight is 497 g/mol. The van der Waals surface area contributed by atoms with E-state index in [1.54, 1.807) is 12.1 Å². The number of aryl methyl sites for hydroxylation is 1. The van der Waals surface area contributed by atoms with Gasteiger partial charge in [0.05, 0.1) is 11.4 Å². The maximum absolute atomic E-state index is 12.7. The predicted molar refractivity (Wildman–Crippen MR) is 136 cm³/mol. The Kier molecular flexibility index (Phi) is 10.1. The fourth-order valence-electron chi connectivity index (χ4n) is 4.70. The van der Waals surface area contributed by atoms with Gasteiger partial charge < -0.3 is 11.1 Å². The maximum atomic E-state index is 12.7. The molecule has 0 bridgehead atoms. The number of hydrogen-bond acceptors (Lipinski definition) is 7. The van der Waals surface area contributed by atoms with E-state index in [4.69, 9.17) is 10.0 Å². The number of carbonyl (C=O) groups excluding carboxylic acids is 1. The molecule has 0 aromatic heterocycles. The SMILES string of the molecule is CCC(C)(CNC(=O)CN1C(C)CCCC1C)CC(C)(N)CNOS(=O)(=O)c1ccc(C)cc1. The van der Waals surface area contributed by atoms with Gasteiger partial charge in [0, 0.05) is 30.7 Å². The van der Waals surface area contributed by atoms with E-state index in [0.29, 0.717) is 31.6 Å². The molecule has 1 aliphatic heterocycles. The summed E-state index contributed by atoms with van der Waals surface area (Å²) in [7, 11) is -3.92. The van der Waals surface area contributed by atoms with Gasteiger partial charge in [-0.25, -0.2) is 0 Å². The van der Waals surface area contributed by atoms with Gasteiger partial charge in [0.2, 0.25) is 5.91 Å². The topological polar surface area (TPSA) is 114 Å². The lowest BCUT2D eigenvalue weighted by molar-refractivity contribution is -0.124. The molecule has 8 nitrogen and oxygen atoms in total. The van der Waals surface area contributed by atoms with E-state index >= 15 is 0 Å². The molecule has 0 radical (unpaired) electrons. The third-order valence-electron chi connectivity index (χ3n) is 7.05. The fraction of sp³-hybridized carbons (Fsp3) is 0.720. The number of nitrogens with zero attached hydrogens (tertiary/aromatic N) is 1. The highest BCUT2D eigenvalue weighted by Crippen LogP contribution is 2.30. The first kappa shape index (κ1) is 28.7. The second kappa shape index (κ2) is 11.9. The van der Waals surface area contributed by atoms with Crippen molar-refractivity contribution in [2.45, 2.75) is 96.2 Å². The number of benzene rings is 1. The molecule has 1 aromatic carbocycles. The molecule has 4 unspecified atom stereocenters. The molecule has 1 amide bonds. The van der Waals surface area contributed by atoms with E-state index in [2.05, 4.69) is 43.4 Å². The molecule has 194 valence electrons. The van der Waals surface area contributed by atoms with E-state index in [0.717, 1.165) is 24.8 Å². The Labute approximate surface area is 206 Å². The normalized spacial score (nSPS) is 23.1. The molecule has 4 N–H and O–H groups in total. The number of nitrogens with one attached hydrogen (secondary N) is 2. The van der Waals surface area contributed by atoms with Gasteiger partial charge in [-0.2, -0.15) is 18.2 Å². The van der Waals surface area contributed by atoms with Crippen molar-refractivity contribution in [1.29, 1.82) is 0 Å². The molecule has 1 saturated heterocycles. The van der Waals surface area contributed by atoms with Gasteiger partial charge in [-0.05, 0) is 70.9 Å². The number of piperidine rings is 1. The number of hydroxylamine groups is 1. The number of rotatable bonds is 12. The molecule has 0 aliphatic carbocycles. The average Bonchev–Trinajstić information content (AvgIpc) is 2.74. The molecule has 2 rings (SSSR count). The van der Waals surface area contributed by atoms with Gasteiger partial charge in [0.25, 0.3) is 0 Å². The highest BCUT2D eigenvalue weighted by Gasteiger charge is 2.33. The van der Waals surface area contributed by atoms with E-state index < -0.39 is 15.7 Å². The van der Waals surface area contributed by atoms with Crippen molar-refractivity contribution < 1.29 is 17.5 Å². The first-order chi connectivity index (χ1) is 15.8. The second-order valence-corrected chi connectivity index (χ2v) is 12.3. The van der Waals surface area contributed by atoms with Crippen LogP contribution in [0.15, 0.2) is 29.2 Å². The van der Waals surface area contributed by atoms with Crippen LogP contribution in [0.5, 0.6) is 0 Å². The molecule has 9 heteroatoms. The van der Waals surface area contributed by atoms with Gasteiger partial charge >= 0.3 is 10.1 Å². The Morgan fingerprint density at radius 1 is 1.15 bits per heavy atom. The number of hydrogen-bond donors (Lipinski definition) is 3. The Balaban J connectivity index is 1.86. The number of likely N-dealkylation sites (tertiary alicyclic amines) is 1. The summed E-state index contributed by atoms with van der Waals surface area (Å²) in [4.78, 5) is 15.1. The molecule has 1 aliphatic rings. The minimum absolute atomic E-state index is 0.0321. The van der Waals surface area contributed by atoms with Crippen LogP contribution in [-0.4, -0.2) is 56.5 Å². The molecule has 0 spiro atoms. The van der Waals surface area contributed by atoms with E-state index in [-0.39, 0.29) is 22.8 Å². The van der Waals surface area contributed by atoms with Gasteiger partial charge in [0.15, 0.2) is 0 Å². The second-order valence-electron chi connectivity index (χ2n) is 10.7. The summed E-state index contributed by atoms with van der Waals surface area (Å²) in [6, 6.07) is 7.29. The largest absolute Gasteiger partial charge is 0.354 e. The third kappa shape index (κ3) is 8.61. The Bertz CT molecular complexity index is 894. The van der Waals surface area contributed by atoms with Crippen molar-refractivity contribution in [2.24, 2.45) is 11.1 Å². The molecule has 34 heavy (non-hydrogen) atoms. The van der Waals surface area contributed by atoms with Gasteiger partial charge in [-0.1, -0.05) is 38.0 Å². The van der Waals surface area contributed by atoms with Crippen molar-refractivity contribution in [1.82, 2.24) is 15.7 Å². The van der Waals surface area contributed by atoms with E-state index in [1.807, 2.05) is 13.8 Å². The zero-order chi connectivity index (χ0) is 25.6. The Morgan fingerprint density at radius 2 is 1.74 bits per heavy atom. The lowest BCUT2D eigenvalue weighted by atomic mass is 9.76. The van der Waals surface area contributed by atoms with E-state index in [9.17, 15) is 13.2 Å². The third-order valence-corrected chi connectivity index (χ3v) is 8.24. The van der Waals surface area contributed by atoms with Crippen molar-refractivity contribution in [2.75, 3.05) is 19.6 Å². The molecule has 1 heterocycles. The van der Waals surface area contributed by atoms with Crippen LogP contribution >= 0.6 is 0 Å². The zero-order valence-corrected chi connectivity index (χ0v) is 22.5. The fourth-order valence-corrected chi connectivity index (χ4v) is 5.47. The summed E-state index contributed by atoms with van der Waals surface area (Å²) in [6.07, 6.45) is 4.87. The van der Waals surface area contributed by atoms with Gasteiger partial charge in [0.1, 0.15) is 0 Å². The van der Waals surface area contributed by atoms with Crippen LogP contribution in [0.3, 0.4) is 0 Å². The highest BCUT2D eigenvalue weighted by atomic mass is 32.2. The van der Waals surface area contributed by atoms with Crippen LogP contribution in [0, 0.1) is 12.3 Å². The molecule has 0 saturated carbocycles. The van der Waals surface area contributed by atoms with Crippen LogP contribution < -0.4 is 16.5 Å². The zero-order valence-electron chi connectivity index (χ0n) is 21.7. The minimum Gasteiger partial charge on any atom is -0.354 e. The molecular weight excluding hydrogens is 452 g/mol. The lowest BCUT2D eigenvalue weighted by Gasteiger charge is -2.39. The summed E-state index contributed by atoms with van der Waals surface area (Å²) < 4.78 is 29.8.